The molecule has 1 atom stereocenters. The first-order valence-electron chi connectivity index (χ1n) is 10.4. The third kappa shape index (κ3) is 4.87. The van der Waals surface area contributed by atoms with Crippen LogP contribution in [0.5, 0.6) is 0 Å². The lowest BCUT2D eigenvalue weighted by atomic mass is 9.98. The van der Waals surface area contributed by atoms with E-state index in [1.165, 1.54) is 13.8 Å². The van der Waals surface area contributed by atoms with Crippen molar-refractivity contribution in [1.29, 1.82) is 0 Å². The summed E-state index contributed by atoms with van der Waals surface area (Å²) in [5.41, 5.74) is 3.11. The van der Waals surface area contributed by atoms with Gasteiger partial charge in [-0.3, -0.25) is 4.79 Å². The van der Waals surface area contributed by atoms with E-state index >= 15 is 0 Å². The van der Waals surface area contributed by atoms with Crippen LogP contribution < -0.4 is 10.6 Å². The number of alkyl carbamates (subject to hydrolysis) is 1. The van der Waals surface area contributed by atoms with E-state index in [1.807, 2.05) is 43.3 Å². The van der Waals surface area contributed by atoms with Crippen LogP contribution in [0.2, 0.25) is 0 Å². The second kappa shape index (κ2) is 9.20. The molecule has 0 saturated heterocycles. The van der Waals surface area contributed by atoms with E-state index in [9.17, 15) is 19.5 Å². The monoisotopic (exact) mass is 424 g/mol. The van der Waals surface area contributed by atoms with Gasteiger partial charge in [-0.05, 0) is 42.5 Å². The summed E-state index contributed by atoms with van der Waals surface area (Å²) in [6, 6.07) is 15.0. The molecule has 7 heteroatoms. The van der Waals surface area contributed by atoms with E-state index in [2.05, 4.69) is 22.8 Å². The molecule has 2 aromatic rings. The van der Waals surface area contributed by atoms with Crippen molar-refractivity contribution in [2.24, 2.45) is 0 Å². The number of ether oxygens (including phenoxy) is 1. The standard InChI is InChI=1S/C24H28N2O5/c1-4-9-20(21(27)28)25-22(29)24(2,3)26-23(30)31-14-19-17-12-7-5-10-15(17)16-11-6-8-13-18(16)19/h5-8,10-13,19-20H,4,9,14H2,1-3H3,(H,25,29)(H,26,30)(H,27,28)/t20-/m1/s1. The van der Waals surface area contributed by atoms with Gasteiger partial charge in [-0.15, -0.1) is 0 Å². The van der Waals surface area contributed by atoms with Crippen molar-refractivity contribution < 1.29 is 24.2 Å². The molecule has 0 aromatic heterocycles. The Labute approximate surface area is 181 Å². The number of fused-ring (bicyclic) bond motifs is 3. The van der Waals surface area contributed by atoms with Crippen molar-refractivity contribution in [2.75, 3.05) is 6.61 Å². The van der Waals surface area contributed by atoms with Gasteiger partial charge in [0.25, 0.3) is 0 Å². The van der Waals surface area contributed by atoms with Crippen molar-refractivity contribution in [1.82, 2.24) is 10.6 Å². The van der Waals surface area contributed by atoms with Crippen LogP contribution in [0.4, 0.5) is 4.79 Å². The van der Waals surface area contributed by atoms with Crippen LogP contribution >= 0.6 is 0 Å². The molecule has 0 fully saturated rings. The topological polar surface area (TPSA) is 105 Å². The summed E-state index contributed by atoms with van der Waals surface area (Å²) in [5.74, 6) is -1.77. The third-order valence-corrected chi connectivity index (χ3v) is 5.51. The molecule has 0 spiro atoms. The number of aliphatic carboxylic acids is 1. The highest BCUT2D eigenvalue weighted by Crippen LogP contribution is 2.44. The first-order valence-corrected chi connectivity index (χ1v) is 10.4. The van der Waals surface area contributed by atoms with Crippen LogP contribution in [0.3, 0.4) is 0 Å². The molecule has 0 heterocycles. The fraction of sp³-hybridized carbons (Fsp3) is 0.375. The Bertz CT molecular complexity index is 940. The summed E-state index contributed by atoms with van der Waals surface area (Å²) in [6.07, 6.45) is 0.184. The first-order chi connectivity index (χ1) is 14.7. The molecule has 0 radical (unpaired) electrons. The Morgan fingerprint density at radius 1 is 1.03 bits per heavy atom. The van der Waals surface area contributed by atoms with E-state index in [4.69, 9.17) is 4.74 Å². The highest BCUT2D eigenvalue weighted by molar-refractivity contribution is 5.92. The quantitative estimate of drug-likeness (QED) is 0.600. The number of hydrogen-bond donors (Lipinski definition) is 3. The number of rotatable bonds is 8. The van der Waals surface area contributed by atoms with E-state index in [-0.39, 0.29) is 12.5 Å². The van der Waals surface area contributed by atoms with Gasteiger partial charge in [0.05, 0.1) is 0 Å². The normalized spacial score (nSPS) is 13.6. The fourth-order valence-electron chi connectivity index (χ4n) is 3.83. The van der Waals surface area contributed by atoms with Gasteiger partial charge in [0, 0.05) is 5.92 Å². The van der Waals surface area contributed by atoms with Crippen LogP contribution in [-0.4, -0.2) is 41.3 Å². The summed E-state index contributed by atoms with van der Waals surface area (Å²) >= 11 is 0. The zero-order valence-corrected chi connectivity index (χ0v) is 18.0. The maximum absolute atomic E-state index is 12.5. The molecule has 164 valence electrons. The predicted octanol–water partition coefficient (Wildman–Crippen LogP) is 3.67. The molecule has 31 heavy (non-hydrogen) atoms. The molecule has 2 amide bonds. The van der Waals surface area contributed by atoms with Crippen molar-refractivity contribution in [3.05, 3.63) is 59.7 Å². The van der Waals surface area contributed by atoms with Gasteiger partial charge < -0.3 is 20.5 Å². The fourth-order valence-corrected chi connectivity index (χ4v) is 3.83. The minimum Gasteiger partial charge on any atom is -0.480 e. The molecule has 2 aromatic carbocycles. The zero-order valence-electron chi connectivity index (χ0n) is 18.0. The Morgan fingerprint density at radius 3 is 2.10 bits per heavy atom. The number of amides is 2. The number of carboxylic acids is 1. The van der Waals surface area contributed by atoms with Crippen LogP contribution in [0.25, 0.3) is 11.1 Å². The lowest BCUT2D eigenvalue weighted by Crippen LogP contribution is -2.57. The Kier molecular flexibility index (Phi) is 6.63. The third-order valence-electron chi connectivity index (χ3n) is 5.51. The van der Waals surface area contributed by atoms with Crippen molar-refractivity contribution in [2.45, 2.75) is 51.1 Å². The summed E-state index contributed by atoms with van der Waals surface area (Å²) in [5, 5.41) is 14.3. The molecule has 0 saturated carbocycles. The van der Waals surface area contributed by atoms with Gasteiger partial charge in [-0.25, -0.2) is 9.59 Å². The van der Waals surface area contributed by atoms with Gasteiger partial charge in [-0.1, -0.05) is 61.9 Å². The van der Waals surface area contributed by atoms with E-state index in [0.29, 0.717) is 12.8 Å². The number of nitrogens with one attached hydrogen (secondary N) is 2. The van der Waals surface area contributed by atoms with E-state index in [0.717, 1.165) is 22.3 Å². The first kappa shape index (κ1) is 22.3. The Balaban J connectivity index is 1.63. The van der Waals surface area contributed by atoms with Crippen LogP contribution in [0, 0.1) is 0 Å². The Morgan fingerprint density at radius 2 is 1.58 bits per heavy atom. The smallest absolute Gasteiger partial charge is 0.408 e. The average Bonchev–Trinajstić information content (AvgIpc) is 3.05. The van der Waals surface area contributed by atoms with Gasteiger partial charge >= 0.3 is 12.1 Å². The summed E-state index contributed by atoms with van der Waals surface area (Å²) in [7, 11) is 0. The zero-order chi connectivity index (χ0) is 22.6. The number of hydrogen-bond acceptors (Lipinski definition) is 4. The molecular formula is C24H28N2O5. The minimum atomic E-state index is -1.33. The van der Waals surface area contributed by atoms with Crippen LogP contribution in [0.15, 0.2) is 48.5 Å². The molecule has 1 aliphatic rings. The van der Waals surface area contributed by atoms with Crippen molar-refractivity contribution in [3.63, 3.8) is 0 Å². The van der Waals surface area contributed by atoms with Gasteiger partial charge in [0.1, 0.15) is 18.2 Å². The maximum atomic E-state index is 12.5. The number of carboxylic acid groups (broad SMARTS) is 1. The van der Waals surface area contributed by atoms with Gasteiger partial charge in [0.2, 0.25) is 5.91 Å². The molecule has 3 N–H and O–H groups in total. The van der Waals surface area contributed by atoms with E-state index in [1.54, 1.807) is 0 Å². The highest BCUT2D eigenvalue weighted by Gasteiger charge is 2.34. The summed E-state index contributed by atoms with van der Waals surface area (Å²) < 4.78 is 5.48. The molecule has 3 rings (SSSR count). The molecule has 0 aliphatic heterocycles. The molecule has 7 nitrogen and oxygen atoms in total. The Hall–Kier alpha value is -3.35. The average molecular weight is 424 g/mol. The van der Waals surface area contributed by atoms with Crippen molar-refractivity contribution >= 4 is 18.0 Å². The van der Waals surface area contributed by atoms with Crippen LogP contribution in [-0.2, 0) is 14.3 Å². The second-order valence-corrected chi connectivity index (χ2v) is 8.23. The maximum Gasteiger partial charge on any atom is 0.408 e. The number of benzene rings is 2. The van der Waals surface area contributed by atoms with Gasteiger partial charge in [-0.2, -0.15) is 0 Å². The molecule has 0 unspecified atom stereocenters. The predicted molar refractivity (Wildman–Crippen MR) is 117 cm³/mol. The lowest BCUT2D eigenvalue weighted by molar-refractivity contribution is -0.142. The van der Waals surface area contributed by atoms with E-state index < -0.39 is 29.6 Å². The van der Waals surface area contributed by atoms with Crippen LogP contribution in [0.1, 0.15) is 50.7 Å². The SMILES string of the molecule is CCC[C@@H](NC(=O)C(C)(C)NC(=O)OCC1c2ccccc2-c2ccccc21)C(=O)O. The largest absolute Gasteiger partial charge is 0.480 e. The number of carbonyl (C=O) groups excluding carboxylic acids is 2. The minimum absolute atomic E-state index is 0.0870. The summed E-state index contributed by atoms with van der Waals surface area (Å²) in [4.78, 5) is 36.3. The summed E-state index contributed by atoms with van der Waals surface area (Å²) in [6.45, 7) is 4.98. The highest BCUT2D eigenvalue weighted by atomic mass is 16.5. The van der Waals surface area contributed by atoms with Gasteiger partial charge in [0.15, 0.2) is 0 Å². The lowest BCUT2D eigenvalue weighted by Gasteiger charge is -2.27. The molecule has 0 bridgehead atoms. The second-order valence-electron chi connectivity index (χ2n) is 8.23. The molecular weight excluding hydrogens is 396 g/mol. The number of carbonyl (C=O) groups is 3. The van der Waals surface area contributed by atoms with Crippen molar-refractivity contribution in [3.8, 4) is 11.1 Å². The molecule has 1 aliphatic carbocycles.